The highest BCUT2D eigenvalue weighted by molar-refractivity contribution is 14.0. The van der Waals surface area contributed by atoms with Crippen molar-refractivity contribution < 1.29 is 0 Å². The van der Waals surface area contributed by atoms with E-state index in [2.05, 4.69) is 38.5 Å². The molecule has 2 aliphatic rings. The van der Waals surface area contributed by atoms with Crippen LogP contribution in [-0.2, 0) is 6.54 Å². The Labute approximate surface area is 190 Å². The molecule has 4 rings (SSSR count). The molecule has 1 aliphatic carbocycles. The maximum Gasteiger partial charge on any atom is 0.191 e. The molecule has 8 heteroatoms. The fraction of sp³-hybridized carbons (Fsp3) is 0.571. The van der Waals surface area contributed by atoms with Gasteiger partial charge in [-0.15, -0.1) is 24.0 Å². The average molecular weight is 509 g/mol. The van der Waals surface area contributed by atoms with Crippen LogP contribution >= 0.6 is 24.0 Å². The summed E-state index contributed by atoms with van der Waals surface area (Å²) in [5.74, 6) is 1.77. The molecular weight excluding hydrogens is 477 g/mol. The number of hydrogen-bond donors (Lipinski definition) is 2. The van der Waals surface area contributed by atoms with Crippen LogP contribution in [-0.4, -0.2) is 57.1 Å². The largest absolute Gasteiger partial charge is 0.357 e. The van der Waals surface area contributed by atoms with Gasteiger partial charge >= 0.3 is 0 Å². The van der Waals surface area contributed by atoms with Crippen LogP contribution in [0.4, 0.5) is 0 Å². The average Bonchev–Trinajstić information content (AvgIpc) is 3.49. The van der Waals surface area contributed by atoms with Gasteiger partial charge in [-0.1, -0.05) is 12.8 Å². The number of halogens is 1. The summed E-state index contributed by atoms with van der Waals surface area (Å²) in [5, 5.41) is 7.04. The van der Waals surface area contributed by atoms with Gasteiger partial charge in [-0.3, -0.25) is 9.47 Å². The molecule has 7 nitrogen and oxygen atoms in total. The van der Waals surface area contributed by atoms with E-state index in [-0.39, 0.29) is 24.0 Å². The minimum absolute atomic E-state index is 0. The predicted molar refractivity (Wildman–Crippen MR) is 127 cm³/mol. The SMILES string of the molecule is CCNC(=NCc1ccnc(-n2ccnc2)c1)NC1CCN(C2CCCC2)C1.I. The third-order valence-electron chi connectivity index (χ3n) is 5.74. The van der Waals surface area contributed by atoms with Gasteiger partial charge in [0.05, 0.1) is 6.54 Å². The van der Waals surface area contributed by atoms with Crippen LogP contribution in [0.15, 0.2) is 42.0 Å². The van der Waals surface area contributed by atoms with E-state index < -0.39 is 0 Å². The molecule has 29 heavy (non-hydrogen) atoms. The Morgan fingerprint density at radius 2 is 2.10 bits per heavy atom. The number of nitrogens with one attached hydrogen (secondary N) is 2. The zero-order valence-corrected chi connectivity index (χ0v) is 19.5. The molecule has 3 heterocycles. The van der Waals surface area contributed by atoms with Crippen molar-refractivity contribution >= 4 is 29.9 Å². The lowest BCUT2D eigenvalue weighted by Gasteiger charge is -2.24. The van der Waals surface area contributed by atoms with Crippen molar-refractivity contribution in [3.8, 4) is 5.82 Å². The highest BCUT2D eigenvalue weighted by Gasteiger charge is 2.30. The first-order valence-corrected chi connectivity index (χ1v) is 10.5. The Balaban J connectivity index is 0.00000240. The summed E-state index contributed by atoms with van der Waals surface area (Å²) in [6, 6.07) is 5.37. The fourth-order valence-electron chi connectivity index (χ4n) is 4.28. The highest BCUT2D eigenvalue weighted by atomic mass is 127. The van der Waals surface area contributed by atoms with Gasteiger partial charge in [0.1, 0.15) is 12.1 Å². The Kier molecular flexibility index (Phi) is 8.29. The Hall–Kier alpha value is -1.68. The number of pyridine rings is 1. The zero-order valence-electron chi connectivity index (χ0n) is 17.1. The van der Waals surface area contributed by atoms with E-state index in [1.807, 2.05) is 23.0 Å². The quantitative estimate of drug-likeness (QED) is 0.356. The third kappa shape index (κ3) is 5.91. The Morgan fingerprint density at radius 1 is 1.24 bits per heavy atom. The number of imidazole rings is 1. The van der Waals surface area contributed by atoms with Gasteiger partial charge in [0.25, 0.3) is 0 Å². The number of likely N-dealkylation sites (tertiary alicyclic amines) is 1. The molecule has 2 aromatic rings. The van der Waals surface area contributed by atoms with Gasteiger partial charge in [0.2, 0.25) is 0 Å². The van der Waals surface area contributed by atoms with Crippen molar-refractivity contribution in [1.29, 1.82) is 0 Å². The summed E-state index contributed by atoms with van der Waals surface area (Å²) in [5.41, 5.74) is 1.13. The van der Waals surface area contributed by atoms with E-state index in [1.165, 1.54) is 38.6 Å². The first kappa shape index (κ1) is 22.0. The van der Waals surface area contributed by atoms with E-state index in [9.17, 15) is 0 Å². The molecule has 2 N–H and O–H groups in total. The first-order chi connectivity index (χ1) is 13.8. The van der Waals surface area contributed by atoms with E-state index in [4.69, 9.17) is 4.99 Å². The summed E-state index contributed by atoms with van der Waals surface area (Å²) in [6.45, 7) is 5.94. The topological polar surface area (TPSA) is 70.4 Å². The molecule has 2 fully saturated rings. The molecule has 158 valence electrons. The van der Waals surface area contributed by atoms with Crippen LogP contribution in [0.1, 0.15) is 44.6 Å². The predicted octanol–water partition coefficient (Wildman–Crippen LogP) is 2.96. The van der Waals surface area contributed by atoms with Crippen molar-refractivity contribution in [2.45, 2.75) is 57.7 Å². The lowest BCUT2D eigenvalue weighted by atomic mass is 10.2. The minimum Gasteiger partial charge on any atom is -0.357 e. The van der Waals surface area contributed by atoms with Crippen molar-refractivity contribution in [3.05, 3.63) is 42.6 Å². The van der Waals surface area contributed by atoms with Crippen molar-refractivity contribution in [3.63, 3.8) is 0 Å². The van der Waals surface area contributed by atoms with Gasteiger partial charge in [0, 0.05) is 50.3 Å². The van der Waals surface area contributed by atoms with Crippen LogP contribution in [0.25, 0.3) is 5.82 Å². The lowest BCUT2D eigenvalue weighted by Crippen LogP contribution is -2.45. The number of aliphatic imine (C=N–C) groups is 1. The number of nitrogens with zero attached hydrogens (tertiary/aromatic N) is 5. The molecule has 0 aromatic carbocycles. The zero-order chi connectivity index (χ0) is 19.2. The summed E-state index contributed by atoms with van der Waals surface area (Å²) in [7, 11) is 0. The van der Waals surface area contributed by atoms with Crippen molar-refractivity contribution in [2.75, 3.05) is 19.6 Å². The summed E-state index contributed by atoms with van der Waals surface area (Å²) >= 11 is 0. The van der Waals surface area contributed by atoms with Gasteiger partial charge < -0.3 is 10.6 Å². The monoisotopic (exact) mass is 509 g/mol. The van der Waals surface area contributed by atoms with E-state index in [0.29, 0.717) is 12.6 Å². The van der Waals surface area contributed by atoms with Crippen LogP contribution in [0.3, 0.4) is 0 Å². The van der Waals surface area contributed by atoms with Crippen molar-refractivity contribution in [2.24, 2.45) is 4.99 Å². The number of rotatable bonds is 6. The van der Waals surface area contributed by atoms with E-state index in [0.717, 1.165) is 36.5 Å². The highest BCUT2D eigenvalue weighted by Crippen LogP contribution is 2.26. The van der Waals surface area contributed by atoms with Crippen LogP contribution in [0.5, 0.6) is 0 Å². The van der Waals surface area contributed by atoms with Gasteiger partial charge in [0.15, 0.2) is 5.96 Å². The van der Waals surface area contributed by atoms with Crippen molar-refractivity contribution in [1.82, 2.24) is 30.1 Å². The number of guanidine groups is 1. The maximum absolute atomic E-state index is 4.82. The smallest absolute Gasteiger partial charge is 0.191 e. The van der Waals surface area contributed by atoms with Crippen LogP contribution in [0, 0.1) is 0 Å². The number of hydrogen-bond acceptors (Lipinski definition) is 4. The Morgan fingerprint density at radius 3 is 2.86 bits per heavy atom. The van der Waals surface area contributed by atoms with Crippen LogP contribution in [0.2, 0.25) is 0 Å². The molecule has 0 amide bonds. The van der Waals surface area contributed by atoms with Crippen LogP contribution < -0.4 is 10.6 Å². The molecule has 1 unspecified atom stereocenters. The molecule has 0 bridgehead atoms. The second-order valence-corrected chi connectivity index (χ2v) is 7.75. The molecule has 0 spiro atoms. The fourth-order valence-corrected chi connectivity index (χ4v) is 4.28. The van der Waals surface area contributed by atoms with Gasteiger partial charge in [-0.05, 0) is 43.9 Å². The van der Waals surface area contributed by atoms with E-state index >= 15 is 0 Å². The van der Waals surface area contributed by atoms with E-state index in [1.54, 1.807) is 12.5 Å². The maximum atomic E-state index is 4.82. The molecular formula is C21H32IN7. The summed E-state index contributed by atoms with van der Waals surface area (Å²) < 4.78 is 1.91. The minimum atomic E-state index is 0. The third-order valence-corrected chi connectivity index (χ3v) is 5.74. The molecule has 1 atom stereocenters. The lowest BCUT2D eigenvalue weighted by molar-refractivity contribution is 0.242. The first-order valence-electron chi connectivity index (χ1n) is 10.5. The summed E-state index contributed by atoms with van der Waals surface area (Å²) in [4.78, 5) is 16.0. The molecule has 0 radical (unpaired) electrons. The molecule has 1 saturated heterocycles. The van der Waals surface area contributed by atoms with Gasteiger partial charge in [-0.25, -0.2) is 15.0 Å². The molecule has 1 saturated carbocycles. The number of aromatic nitrogens is 3. The standard InChI is InChI=1S/C21H31N7.HI/c1-2-23-21(26-18-8-11-27(15-18)19-5-3-4-6-19)25-14-17-7-9-24-20(13-17)28-12-10-22-16-28;/h7,9-10,12-13,16,18-19H,2-6,8,11,14-15H2,1H3,(H2,23,25,26);1H. The molecule has 2 aromatic heterocycles. The molecule has 1 aliphatic heterocycles. The normalized spacial score (nSPS) is 20.6. The Bertz CT molecular complexity index is 771. The summed E-state index contributed by atoms with van der Waals surface area (Å²) in [6.07, 6.45) is 14.0. The van der Waals surface area contributed by atoms with Gasteiger partial charge in [-0.2, -0.15) is 0 Å². The second-order valence-electron chi connectivity index (χ2n) is 7.75. The second kappa shape index (κ2) is 10.9.